The SMILES string of the molecule is CS(=O)(=O)c1cc(C(=O)NCc2ccccc2S(=O)(=O)c2cccc(C(F)(F)F)c2)cc(C(F)(F)F)n1. The number of sulfone groups is 2. The van der Waals surface area contributed by atoms with Crippen molar-refractivity contribution in [2.75, 3.05) is 6.26 Å². The summed E-state index contributed by atoms with van der Waals surface area (Å²) in [7, 11) is -8.74. The minimum Gasteiger partial charge on any atom is -0.348 e. The minimum absolute atomic E-state index is 0.0818. The summed E-state index contributed by atoms with van der Waals surface area (Å²) in [6.45, 7) is -0.564. The highest BCUT2D eigenvalue weighted by atomic mass is 32.2. The van der Waals surface area contributed by atoms with Crippen LogP contribution in [0.5, 0.6) is 0 Å². The smallest absolute Gasteiger partial charge is 0.348 e. The molecule has 3 rings (SSSR count). The van der Waals surface area contributed by atoms with Crippen LogP contribution in [0.15, 0.2) is 75.5 Å². The standard InChI is InChI=1S/C22H16F6N2O5S2/c1-36(32,33)19-10-14(9-18(30-19)22(26,27)28)20(31)29-12-13-5-2-3-8-17(13)37(34,35)16-7-4-6-15(11-16)21(23,24)25/h2-11H,12H2,1H3,(H,29,31). The van der Waals surface area contributed by atoms with Gasteiger partial charge in [-0.1, -0.05) is 24.3 Å². The number of nitrogens with zero attached hydrogens (tertiary/aromatic N) is 1. The molecule has 0 saturated heterocycles. The second-order valence-corrected chi connectivity index (χ2v) is 11.5. The van der Waals surface area contributed by atoms with Gasteiger partial charge in [0.1, 0.15) is 5.69 Å². The molecule has 198 valence electrons. The van der Waals surface area contributed by atoms with Gasteiger partial charge in [0.15, 0.2) is 14.9 Å². The summed E-state index contributed by atoms with van der Waals surface area (Å²) in [6, 6.07) is 8.99. The minimum atomic E-state index is -5.07. The van der Waals surface area contributed by atoms with Gasteiger partial charge in [-0.3, -0.25) is 4.79 Å². The van der Waals surface area contributed by atoms with Gasteiger partial charge in [-0.2, -0.15) is 26.3 Å². The number of hydrogen-bond donors (Lipinski definition) is 1. The molecule has 37 heavy (non-hydrogen) atoms. The summed E-state index contributed by atoms with van der Waals surface area (Å²) >= 11 is 0. The van der Waals surface area contributed by atoms with Crippen molar-refractivity contribution in [1.29, 1.82) is 0 Å². The first-order valence-electron chi connectivity index (χ1n) is 9.98. The number of halogens is 6. The molecule has 0 aliphatic carbocycles. The molecule has 0 spiro atoms. The molecule has 0 saturated carbocycles. The van der Waals surface area contributed by atoms with Gasteiger partial charge in [-0.25, -0.2) is 21.8 Å². The number of benzene rings is 2. The fourth-order valence-electron chi connectivity index (χ4n) is 3.13. The summed E-state index contributed by atoms with van der Waals surface area (Å²) < 4.78 is 128. The molecule has 2 aromatic carbocycles. The Hall–Kier alpha value is -3.46. The van der Waals surface area contributed by atoms with Gasteiger partial charge in [-0.15, -0.1) is 0 Å². The van der Waals surface area contributed by atoms with Crippen LogP contribution in [0.25, 0.3) is 0 Å². The topological polar surface area (TPSA) is 110 Å². The summed E-state index contributed by atoms with van der Waals surface area (Å²) in [6.07, 6.45) is -9.27. The lowest BCUT2D eigenvalue weighted by Crippen LogP contribution is -2.25. The molecular weight excluding hydrogens is 550 g/mol. The Labute approximate surface area is 207 Å². The summed E-state index contributed by atoms with van der Waals surface area (Å²) in [5.74, 6) is -1.18. The lowest BCUT2D eigenvalue weighted by Gasteiger charge is -2.14. The zero-order chi connectivity index (χ0) is 27.8. The first-order chi connectivity index (χ1) is 16.9. The fourth-order valence-corrected chi connectivity index (χ4v) is 5.27. The van der Waals surface area contributed by atoms with E-state index < -0.39 is 76.1 Å². The molecule has 0 radical (unpaired) electrons. The van der Waals surface area contributed by atoms with Crippen molar-refractivity contribution < 1.29 is 48.0 Å². The molecule has 0 atom stereocenters. The Bertz CT molecular complexity index is 1570. The van der Waals surface area contributed by atoms with Gasteiger partial charge in [0, 0.05) is 18.4 Å². The first kappa shape index (κ1) is 28.1. The highest BCUT2D eigenvalue weighted by Crippen LogP contribution is 2.33. The van der Waals surface area contributed by atoms with E-state index in [2.05, 4.69) is 10.3 Å². The van der Waals surface area contributed by atoms with Gasteiger partial charge in [0.2, 0.25) is 9.84 Å². The zero-order valence-electron chi connectivity index (χ0n) is 18.6. The van der Waals surface area contributed by atoms with E-state index in [1.54, 1.807) is 0 Å². The van der Waals surface area contributed by atoms with Crippen molar-refractivity contribution in [2.45, 2.75) is 33.7 Å². The van der Waals surface area contributed by atoms with Crippen LogP contribution in [0, 0.1) is 0 Å². The Kier molecular flexibility index (Phi) is 7.43. The number of amides is 1. The number of alkyl halides is 6. The highest BCUT2D eigenvalue weighted by molar-refractivity contribution is 7.91. The molecule has 1 heterocycles. The van der Waals surface area contributed by atoms with Crippen molar-refractivity contribution in [3.05, 3.63) is 83.0 Å². The molecule has 1 amide bonds. The number of aromatic nitrogens is 1. The largest absolute Gasteiger partial charge is 0.433 e. The summed E-state index contributed by atoms with van der Waals surface area (Å²) in [5.41, 5.74) is -3.62. The second-order valence-electron chi connectivity index (χ2n) is 7.67. The van der Waals surface area contributed by atoms with Gasteiger partial charge >= 0.3 is 12.4 Å². The van der Waals surface area contributed by atoms with Gasteiger partial charge in [0.25, 0.3) is 5.91 Å². The Morgan fingerprint density at radius 2 is 1.51 bits per heavy atom. The molecule has 0 bridgehead atoms. The molecule has 15 heteroatoms. The van der Waals surface area contributed by atoms with Crippen LogP contribution in [0.2, 0.25) is 0 Å². The molecule has 1 aromatic heterocycles. The van der Waals surface area contributed by atoms with Crippen LogP contribution in [0.3, 0.4) is 0 Å². The van der Waals surface area contributed by atoms with E-state index in [1.165, 1.54) is 18.2 Å². The van der Waals surface area contributed by atoms with Crippen LogP contribution < -0.4 is 5.32 Å². The van der Waals surface area contributed by atoms with E-state index in [0.29, 0.717) is 30.5 Å². The van der Waals surface area contributed by atoms with Crippen molar-refractivity contribution in [1.82, 2.24) is 10.3 Å². The van der Waals surface area contributed by atoms with E-state index in [1.807, 2.05) is 0 Å². The van der Waals surface area contributed by atoms with E-state index in [9.17, 15) is 48.0 Å². The fraction of sp³-hybridized carbons (Fsp3) is 0.182. The zero-order valence-corrected chi connectivity index (χ0v) is 20.2. The molecule has 0 fully saturated rings. The number of pyridine rings is 1. The summed E-state index contributed by atoms with van der Waals surface area (Å²) in [4.78, 5) is 14.5. The van der Waals surface area contributed by atoms with Crippen LogP contribution in [0.4, 0.5) is 26.3 Å². The number of nitrogens with one attached hydrogen (secondary N) is 1. The Balaban J connectivity index is 1.95. The highest BCUT2D eigenvalue weighted by Gasteiger charge is 2.35. The van der Waals surface area contributed by atoms with Gasteiger partial charge in [-0.05, 0) is 42.0 Å². The van der Waals surface area contributed by atoms with Crippen molar-refractivity contribution in [3.8, 4) is 0 Å². The molecule has 7 nitrogen and oxygen atoms in total. The summed E-state index contributed by atoms with van der Waals surface area (Å²) in [5, 5.41) is 1.20. The maximum absolute atomic E-state index is 13.2. The van der Waals surface area contributed by atoms with Crippen molar-refractivity contribution in [2.24, 2.45) is 0 Å². The van der Waals surface area contributed by atoms with Crippen molar-refractivity contribution in [3.63, 3.8) is 0 Å². The number of hydrogen-bond acceptors (Lipinski definition) is 6. The Morgan fingerprint density at radius 1 is 0.865 bits per heavy atom. The predicted octanol–water partition coefficient (Wildman–Crippen LogP) is 4.29. The molecule has 3 aromatic rings. The number of carbonyl (C=O) groups is 1. The maximum atomic E-state index is 13.2. The molecule has 0 unspecified atom stereocenters. The quantitative estimate of drug-likeness (QED) is 0.446. The molecular formula is C22H16F6N2O5S2. The second kappa shape index (κ2) is 9.78. The maximum Gasteiger partial charge on any atom is 0.433 e. The van der Waals surface area contributed by atoms with E-state index in [4.69, 9.17) is 0 Å². The lowest BCUT2D eigenvalue weighted by molar-refractivity contribution is -0.141. The molecule has 1 N–H and O–H groups in total. The van der Waals surface area contributed by atoms with Crippen LogP contribution in [-0.4, -0.2) is 34.0 Å². The first-order valence-corrected chi connectivity index (χ1v) is 13.4. The predicted molar refractivity (Wildman–Crippen MR) is 117 cm³/mol. The van der Waals surface area contributed by atoms with Crippen LogP contribution in [0.1, 0.15) is 27.2 Å². The van der Waals surface area contributed by atoms with Crippen LogP contribution >= 0.6 is 0 Å². The van der Waals surface area contributed by atoms with Crippen molar-refractivity contribution >= 4 is 25.6 Å². The van der Waals surface area contributed by atoms with Gasteiger partial charge < -0.3 is 5.32 Å². The third-order valence-electron chi connectivity index (χ3n) is 4.91. The van der Waals surface area contributed by atoms with Crippen LogP contribution in [-0.2, 0) is 38.6 Å². The van der Waals surface area contributed by atoms with E-state index >= 15 is 0 Å². The monoisotopic (exact) mass is 566 g/mol. The third kappa shape index (κ3) is 6.46. The van der Waals surface area contributed by atoms with E-state index in [0.717, 1.165) is 18.2 Å². The molecule has 0 aliphatic rings. The lowest BCUT2D eigenvalue weighted by atomic mass is 10.2. The number of carbonyl (C=O) groups excluding carboxylic acids is 1. The van der Waals surface area contributed by atoms with Gasteiger partial charge in [0.05, 0.1) is 15.4 Å². The average molecular weight is 567 g/mol. The van der Waals surface area contributed by atoms with E-state index in [-0.39, 0.29) is 5.56 Å². The Morgan fingerprint density at radius 3 is 2.11 bits per heavy atom. The average Bonchev–Trinajstić information content (AvgIpc) is 2.81. The third-order valence-corrected chi connectivity index (χ3v) is 7.73. The normalized spacial score (nSPS) is 12.8. The molecule has 0 aliphatic heterocycles. The number of rotatable bonds is 6.